The molecule has 0 saturated carbocycles. The lowest BCUT2D eigenvalue weighted by atomic mass is 10.2. The lowest BCUT2D eigenvalue weighted by Crippen LogP contribution is -2.10. The fourth-order valence-corrected chi connectivity index (χ4v) is 2.92. The molecule has 0 amide bonds. The van der Waals surface area contributed by atoms with Crippen molar-refractivity contribution in [3.05, 3.63) is 54.6 Å². The van der Waals surface area contributed by atoms with Crippen LogP contribution in [0.5, 0.6) is 5.75 Å². The third-order valence-electron chi connectivity index (χ3n) is 2.91. The van der Waals surface area contributed by atoms with Crippen molar-refractivity contribution in [3.63, 3.8) is 0 Å². The van der Waals surface area contributed by atoms with Gasteiger partial charge in [0.25, 0.3) is 0 Å². The van der Waals surface area contributed by atoms with Crippen LogP contribution in [0.25, 0.3) is 0 Å². The Labute approximate surface area is 121 Å². The molecule has 1 aliphatic rings. The molecule has 2 aromatic rings. The number of para-hydroxylation sites is 2. The number of ether oxygens (including phenoxy) is 1. The molecule has 1 heterocycles. The van der Waals surface area contributed by atoms with Crippen molar-refractivity contribution in [2.75, 3.05) is 5.32 Å². The summed E-state index contributed by atoms with van der Waals surface area (Å²) >= 11 is 1.66. The van der Waals surface area contributed by atoms with Crippen LogP contribution >= 0.6 is 11.8 Å². The van der Waals surface area contributed by atoms with E-state index in [9.17, 15) is 4.79 Å². The first-order valence-corrected chi connectivity index (χ1v) is 7.01. The lowest BCUT2D eigenvalue weighted by molar-refractivity contribution is -0.130. The molecule has 100 valence electrons. The van der Waals surface area contributed by atoms with E-state index in [-0.39, 0.29) is 0 Å². The highest BCUT2D eigenvalue weighted by Gasteiger charge is 2.20. The number of nitrogens with one attached hydrogen (secondary N) is 1. The van der Waals surface area contributed by atoms with Crippen LogP contribution in [0.1, 0.15) is 6.92 Å². The summed E-state index contributed by atoms with van der Waals surface area (Å²) in [4.78, 5) is 13.9. The van der Waals surface area contributed by atoms with Crippen LogP contribution in [0, 0.1) is 0 Å². The largest absolute Gasteiger partial charge is 0.421 e. The second-order valence-electron chi connectivity index (χ2n) is 4.52. The molecule has 0 radical (unpaired) electrons. The lowest BCUT2D eigenvalue weighted by Gasteiger charge is -2.22. The maximum absolute atomic E-state index is 11.7. The van der Waals surface area contributed by atoms with Gasteiger partial charge < -0.3 is 10.1 Å². The Bertz CT molecular complexity index is 709. The van der Waals surface area contributed by atoms with E-state index in [1.807, 2.05) is 30.3 Å². The van der Waals surface area contributed by atoms with Crippen molar-refractivity contribution in [2.24, 2.45) is 0 Å². The summed E-state index contributed by atoms with van der Waals surface area (Å²) in [7, 11) is 0. The smallest absolute Gasteiger partial charge is 0.338 e. The van der Waals surface area contributed by atoms with Gasteiger partial charge in [0.15, 0.2) is 5.75 Å². The van der Waals surface area contributed by atoms with Crippen molar-refractivity contribution >= 4 is 29.1 Å². The number of anilines is 2. The molecule has 0 unspecified atom stereocenters. The van der Waals surface area contributed by atoms with E-state index < -0.39 is 5.97 Å². The molecule has 0 aromatic heterocycles. The second-order valence-corrected chi connectivity index (χ2v) is 5.61. The van der Waals surface area contributed by atoms with Crippen LogP contribution in [0.2, 0.25) is 0 Å². The van der Waals surface area contributed by atoms with Gasteiger partial charge in [-0.1, -0.05) is 36.5 Å². The number of carbonyl (C=O) groups is 1. The average Bonchev–Trinajstić information content (AvgIpc) is 2.45. The maximum Gasteiger partial charge on any atom is 0.338 e. The standard InChI is InChI=1S/C16H13NO2S/c1-10(2)16(18)19-12-7-5-9-14-15(12)17-11-6-3-4-8-13(11)20-14/h3-9,17H,1H2,2H3. The first-order valence-electron chi connectivity index (χ1n) is 6.20. The molecule has 1 aliphatic heterocycles. The fraction of sp³-hybridized carbons (Fsp3) is 0.0625. The molecule has 20 heavy (non-hydrogen) atoms. The molecular formula is C16H13NO2S. The highest BCUT2D eigenvalue weighted by atomic mass is 32.2. The predicted molar refractivity (Wildman–Crippen MR) is 80.7 cm³/mol. The molecule has 0 atom stereocenters. The van der Waals surface area contributed by atoms with Crippen LogP contribution in [0.15, 0.2) is 64.4 Å². The van der Waals surface area contributed by atoms with E-state index in [4.69, 9.17) is 4.74 Å². The number of benzene rings is 2. The van der Waals surface area contributed by atoms with Crippen molar-refractivity contribution in [3.8, 4) is 5.75 Å². The Hall–Kier alpha value is -2.20. The summed E-state index contributed by atoms with van der Waals surface area (Å²) in [5.41, 5.74) is 2.22. The van der Waals surface area contributed by atoms with Crippen LogP contribution in [-0.2, 0) is 4.79 Å². The highest BCUT2D eigenvalue weighted by Crippen LogP contribution is 2.47. The van der Waals surface area contributed by atoms with E-state index in [1.54, 1.807) is 24.8 Å². The van der Waals surface area contributed by atoms with Gasteiger partial charge in [-0.2, -0.15) is 0 Å². The second kappa shape index (κ2) is 5.06. The highest BCUT2D eigenvalue weighted by molar-refractivity contribution is 7.99. The Kier molecular flexibility index (Phi) is 3.24. The van der Waals surface area contributed by atoms with E-state index in [1.165, 1.54) is 0 Å². The van der Waals surface area contributed by atoms with E-state index in [0.717, 1.165) is 21.2 Å². The summed E-state index contributed by atoms with van der Waals surface area (Å²) in [6.45, 7) is 5.23. The zero-order valence-corrected chi connectivity index (χ0v) is 11.8. The Morgan fingerprint density at radius 2 is 1.90 bits per heavy atom. The van der Waals surface area contributed by atoms with Gasteiger partial charge in [-0.3, -0.25) is 0 Å². The summed E-state index contributed by atoms with van der Waals surface area (Å²) in [6, 6.07) is 13.7. The third kappa shape index (κ3) is 2.30. The summed E-state index contributed by atoms with van der Waals surface area (Å²) in [5, 5.41) is 3.33. The van der Waals surface area contributed by atoms with E-state index in [0.29, 0.717) is 11.3 Å². The molecule has 4 heteroatoms. The summed E-state index contributed by atoms with van der Waals surface area (Å²) in [5.74, 6) is 0.113. The molecule has 1 N–H and O–H groups in total. The normalized spacial score (nSPS) is 11.8. The zero-order valence-electron chi connectivity index (χ0n) is 11.0. The molecule has 3 nitrogen and oxygen atoms in total. The number of rotatable bonds is 2. The molecular weight excluding hydrogens is 270 g/mol. The molecule has 0 bridgehead atoms. The minimum absolute atomic E-state index is 0.381. The van der Waals surface area contributed by atoms with Gasteiger partial charge >= 0.3 is 5.97 Å². The fourth-order valence-electron chi connectivity index (χ4n) is 1.90. The molecule has 0 saturated heterocycles. The Morgan fingerprint density at radius 1 is 1.15 bits per heavy atom. The van der Waals surface area contributed by atoms with E-state index in [2.05, 4.69) is 18.0 Å². The van der Waals surface area contributed by atoms with Gasteiger partial charge in [-0.15, -0.1) is 0 Å². The first kappa shape index (κ1) is 12.8. The van der Waals surface area contributed by atoms with Gasteiger partial charge in [-0.25, -0.2) is 4.79 Å². The van der Waals surface area contributed by atoms with Crippen LogP contribution in [-0.4, -0.2) is 5.97 Å². The average molecular weight is 283 g/mol. The quantitative estimate of drug-likeness (QED) is 0.430. The van der Waals surface area contributed by atoms with Crippen LogP contribution in [0.3, 0.4) is 0 Å². The van der Waals surface area contributed by atoms with Gasteiger partial charge in [-0.05, 0) is 31.2 Å². The minimum Gasteiger partial charge on any atom is -0.421 e. The summed E-state index contributed by atoms with van der Waals surface area (Å²) < 4.78 is 5.37. The Morgan fingerprint density at radius 3 is 2.70 bits per heavy atom. The number of fused-ring (bicyclic) bond motifs is 2. The number of hydrogen-bond acceptors (Lipinski definition) is 4. The van der Waals surface area contributed by atoms with Gasteiger partial charge in [0, 0.05) is 15.4 Å². The summed E-state index contributed by atoms with van der Waals surface area (Å²) in [6.07, 6.45) is 0. The van der Waals surface area contributed by atoms with Crippen LogP contribution in [0.4, 0.5) is 11.4 Å². The first-order chi connectivity index (χ1) is 9.65. The SMILES string of the molecule is C=C(C)C(=O)Oc1cccc2c1Nc1ccccc1S2. The predicted octanol–water partition coefficient (Wildman–Crippen LogP) is 4.38. The van der Waals surface area contributed by atoms with Crippen molar-refractivity contribution in [2.45, 2.75) is 16.7 Å². The topological polar surface area (TPSA) is 38.3 Å². The van der Waals surface area contributed by atoms with Crippen molar-refractivity contribution < 1.29 is 9.53 Å². The minimum atomic E-state index is -0.413. The maximum atomic E-state index is 11.7. The third-order valence-corrected chi connectivity index (χ3v) is 4.04. The zero-order chi connectivity index (χ0) is 14.1. The molecule has 0 spiro atoms. The molecule has 0 aliphatic carbocycles. The molecule has 2 aromatic carbocycles. The number of esters is 1. The van der Waals surface area contributed by atoms with Crippen molar-refractivity contribution in [1.29, 1.82) is 0 Å². The molecule has 0 fully saturated rings. The number of hydrogen-bond donors (Lipinski definition) is 1. The number of carbonyl (C=O) groups excluding carboxylic acids is 1. The Balaban J connectivity index is 1.98. The van der Waals surface area contributed by atoms with Gasteiger partial charge in [0.2, 0.25) is 0 Å². The monoisotopic (exact) mass is 283 g/mol. The van der Waals surface area contributed by atoms with Crippen LogP contribution < -0.4 is 10.1 Å². The van der Waals surface area contributed by atoms with Gasteiger partial charge in [0.05, 0.1) is 11.4 Å². The molecule has 3 rings (SSSR count). The van der Waals surface area contributed by atoms with Crippen molar-refractivity contribution in [1.82, 2.24) is 0 Å². The van der Waals surface area contributed by atoms with Gasteiger partial charge in [0.1, 0.15) is 0 Å². The van der Waals surface area contributed by atoms with E-state index >= 15 is 0 Å².